The largest absolute Gasteiger partial charge is 0.465 e. The number of nitrogens with one attached hydrogen (secondary N) is 2. The Kier molecular flexibility index (Phi) is 6.67. The average Bonchev–Trinajstić information content (AvgIpc) is 3.12. The fourth-order valence-corrected chi connectivity index (χ4v) is 8.61. The maximum absolute atomic E-state index is 11.8. The van der Waals surface area contributed by atoms with Crippen molar-refractivity contribution in [1.82, 2.24) is 10.6 Å². The van der Waals surface area contributed by atoms with Gasteiger partial charge in [0, 0.05) is 38.3 Å². The maximum Gasteiger partial charge on any atom is 0.302 e. The van der Waals surface area contributed by atoms with E-state index in [1.54, 1.807) is 19.4 Å². The van der Waals surface area contributed by atoms with Crippen molar-refractivity contribution in [2.45, 2.75) is 98.1 Å². The van der Waals surface area contributed by atoms with Crippen molar-refractivity contribution in [1.29, 1.82) is 0 Å². The summed E-state index contributed by atoms with van der Waals surface area (Å²) in [5.74, 6) is 1.94. The molecule has 8 atom stereocenters. The van der Waals surface area contributed by atoms with Crippen LogP contribution in [-0.4, -0.2) is 36.5 Å². The highest BCUT2D eigenvalue weighted by Gasteiger charge is 2.61. The lowest BCUT2D eigenvalue weighted by molar-refractivity contribution is -0.153. The number of hydrogen-bond acceptors (Lipinski definition) is 4. The molecule has 2 amide bonds. The fraction of sp³-hybridized carbons (Fsp3) is 0.815. The van der Waals surface area contributed by atoms with E-state index in [4.69, 9.17) is 4.74 Å². The second kappa shape index (κ2) is 9.07. The molecule has 3 saturated carbocycles. The van der Waals surface area contributed by atoms with Crippen LogP contribution in [0.5, 0.6) is 0 Å². The third-order valence-corrected chi connectivity index (χ3v) is 9.87. The Hall–Kier alpha value is -1.85. The minimum Gasteiger partial charge on any atom is -0.465 e. The summed E-state index contributed by atoms with van der Waals surface area (Å²) in [6, 6.07) is 0.345. The monoisotopic (exact) mass is 458 g/mol. The van der Waals surface area contributed by atoms with Crippen molar-refractivity contribution < 1.29 is 19.1 Å². The van der Waals surface area contributed by atoms with Gasteiger partial charge in [0.05, 0.1) is 6.61 Å². The highest BCUT2D eigenvalue weighted by molar-refractivity contribution is 5.73. The minimum absolute atomic E-state index is 0.0101. The summed E-state index contributed by atoms with van der Waals surface area (Å²) in [6.45, 7) is 9.77. The van der Waals surface area contributed by atoms with Crippen molar-refractivity contribution in [3.63, 3.8) is 0 Å². The topological polar surface area (TPSA) is 84.5 Å². The molecule has 3 fully saturated rings. The van der Waals surface area contributed by atoms with Gasteiger partial charge in [-0.1, -0.05) is 18.6 Å². The lowest BCUT2D eigenvalue weighted by Crippen LogP contribution is -2.55. The predicted octanol–water partition coefficient (Wildman–Crippen LogP) is 4.14. The van der Waals surface area contributed by atoms with Crippen LogP contribution in [0.4, 0.5) is 0 Å². The molecule has 4 rings (SSSR count). The van der Waals surface area contributed by atoms with E-state index >= 15 is 0 Å². The average molecular weight is 459 g/mol. The van der Waals surface area contributed by atoms with Crippen molar-refractivity contribution >= 4 is 17.8 Å². The van der Waals surface area contributed by atoms with Gasteiger partial charge in [-0.05, 0) is 87.4 Å². The first-order valence-electron chi connectivity index (χ1n) is 12.9. The number of esters is 1. The quantitative estimate of drug-likeness (QED) is 0.479. The molecule has 2 N–H and O–H groups in total. The summed E-state index contributed by atoms with van der Waals surface area (Å²) in [5.41, 5.74) is 1.69. The molecule has 6 heteroatoms. The number of carbonyl (C=O) groups is 3. The van der Waals surface area contributed by atoms with E-state index in [1.807, 2.05) is 0 Å². The Morgan fingerprint density at radius 3 is 2.48 bits per heavy atom. The van der Waals surface area contributed by atoms with E-state index in [-0.39, 0.29) is 40.7 Å². The number of carbonyl (C=O) groups excluding carboxylic acids is 3. The fourth-order valence-electron chi connectivity index (χ4n) is 8.61. The molecule has 4 aliphatic rings. The van der Waals surface area contributed by atoms with Gasteiger partial charge in [0.1, 0.15) is 0 Å². The Morgan fingerprint density at radius 2 is 1.82 bits per heavy atom. The Labute approximate surface area is 198 Å². The van der Waals surface area contributed by atoms with Gasteiger partial charge in [0.15, 0.2) is 0 Å². The Morgan fingerprint density at radius 1 is 1.06 bits per heavy atom. The second-order valence-electron chi connectivity index (χ2n) is 11.6. The summed E-state index contributed by atoms with van der Waals surface area (Å²) in [6.07, 6.45) is 11.1. The van der Waals surface area contributed by atoms with E-state index < -0.39 is 0 Å². The SMILES string of the molecule is CC(=O)N[C@H]1CC[C@@]2(C)C(=CC[C@H]3[C@@H]4CC[C@H]([C@H](C)NC(C)=O)[C@@]4(COC(C)=O)CC[C@@H]32)C1. The van der Waals surface area contributed by atoms with Crippen LogP contribution in [-0.2, 0) is 19.1 Å². The Balaban J connectivity index is 1.60. The molecule has 0 unspecified atom stereocenters. The van der Waals surface area contributed by atoms with Crippen molar-refractivity contribution in [3.8, 4) is 0 Å². The molecule has 0 radical (unpaired) electrons. The summed E-state index contributed by atoms with van der Waals surface area (Å²) in [4.78, 5) is 35.3. The number of ether oxygens (including phenoxy) is 1. The van der Waals surface area contributed by atoms with Gasteiger partial charge >= 0.3 is 5.97 Å². The predicted molar refractivity (Wildman–Crippen MR) is 127 cm³/mol. The van der Waals surface area contributed by atoms with Crippen LogP contribution in [0.1, 0.15) is 86.0 Å². The first kappa shape index (κ1) is 24.3. The normalized spacial score (nSPS) is 40.4. The van der Waals surface area contributed by atoms with E-state index in [1.165, 1.54) is 6.92 Å². The van der Waals surface area contributed by atoms with Crippen LogP contribution in [0.25, 0.3) is 0 Å². The smallest absolute Gasteiger partial charge is 0.302 e. The van der Waals surface area contributed by atoms with Crippen molar-refractivity contribution in [2.24, 2.45) is 34.5 Å². The van der Waals surface area contributed by atoms with Crippen LogP contribution >= 0.6 is 0 Å². The first-order valence-corrected chi connectivity index (χ1v) is 12.9. The molecule has 0 aromatic carbocycles. The van der Waals surface area contributed by atoms with Crippen LogP contribution in [0.15, 0.2) is 11.6 Å². The summed E-state index contributed by atoms with van der Waals surface area (Å²) in [7, 11) is 0. The number of amides is 2. The molecule has 33 heavy (non-hydrogen) atoms. The summed E-state index contributed by atoms with van der Waals surface area (Å²) in [5, 5.41) is 6.29. The molecule has 0 saturated heterocycles. The van der Waals surface area contributed by atoms with Gasteiger partial charge in [-0.15, -0.1) is 0 Å². The molecular formula is C27H42N2O4. The summed E-state index contributed by atoms with van der Waals surface area (Å²) < 4.78 is 5.73. The lowest BCUT2D eigenvalue weighted by Gasteiger charge is -2.59. The molecule has 6 nitrogen and oxygen atoms in total. The number of allylic oxidation sites excluding steroid dienone is 1. The van der Waals surface area contributed by atoms with Crippen LogP contribution in [0, 0.1) is 34.5 Å². The number of rotatable bonds is 5. The zero-order valence-electron chi connectivity index (χ0n) is 21.0. The second-order valence-corrected chi connectivity index (χ2v) is 11.6. The third-order valence-electron chi connectivity index (χ3n) is 9.87. The van der Waals surface area contributed by atoms with E-state index in [9.17, 15) is 14.4 Å². The first-order chi connectivity index (χ1) is 15.6. The van der Waals surface area contributed by atoms with Crippen molar-refractivity contribution in [2.75, 3.05) is 6.61 Å². The number of hydrogen-bond donors (Lipinski definition) is 2. The molecule has 4 aliphatic carbocycles. The lowest BCUT2D eigenvalue weighted by atomic mass is 9.46. The molecule has 0 heterocycles. The molecule has 0 aromatic heterocycles. The van der Waals surface area contributed by atoms with Gasteiger partial charge in [0.25, 0.3) is 0 Å². The van der Waals surface area contributed by atoms with Gasteiger partial charge < -0.3 is 15.4 Å². The van der Waals surface area contributed by atoms with Gasteiger partial charge in [0.2, 0.25) is 11.8 Å². The Bertz CT molecular complexity index is 838. The van der Waals surface area contributed by atoms with Crippen molar-refractivity contribution in [3.05, 3.63) is 11.6 Å². The van der Waals surface area contributed by atoms with Crippen LogP contribution < -0.4 is 10.6 Å². The minimum atomic E-state index is -0.211. The molecule has 0 bridgehead atoms. The summed E-state index contributed by atoms with van der Waals surface area (Å²) >= 11 is 0. The highest BCUT2D eigenvalue weighted by Crippen LogP contribution is 2.66. The molecule has 0 aromatic rings. The third kappa shape index (κ3) is 4.35. The van der Waals surface area contributed by atoms with Gasteiger partial charge in [-0.25, -0.2) is 0 Å². The van der Waals surface area contributed by atoms with Gasteiger partial charge in [-0.3, -0.25) is 14.4 Å². The van der Waals surface area contributed by atoms with E-state index in [0.29, 0.717) is 30.3 Å². The molecular weight excluding hydrogens is 416 g/mol. The maximum atomic E-state index is 11.8. The van der Waals surface area contributed by atoms with Gasteiger partial charge in [-0.2, -0.15) is 0 Å². The molecule has 0 spiro atoms. The highest BCUT2D eigenvalue weighted by atomic mass is 16.5. The standard InChI is InChI=1S/C27H42N2O4/c1-16(28-17(2)30)23-8-9-25-22-7-6-20-14-21(29-18(3)31)10-12-26(20,5)24(22)11-13-27(23,25)15-33-19(4)32/h6,16,21-25H,7-15H2,1-5H3,(H,28,30)(H,29,31)/t16-,21-,22+,23+,24-,25-,26-,27-/m0/s1. The molecule has 184 valence electrons. The zero-order chi connectivity index (χ0) is 24.0. The van der Waals surface area contributed by atoms with E-state index in [0.717, 1.165) is 51.4 Å². The van der Waals surface area contributed by atoms with Crippen LogP contribution in [0.3, 0.4) is 0 Å². The van der Waals surface area contributed by atoms with E-state index in [2.05, 4.69) is 30.6 Å². The zero-order valence-corrected chi connectivity index (χ0v) is 21.0. The number of fused-ring (bicyclic) bond motifs is 5. The molecule has 0 aliphatic heterocycles. The van der Waals surface area contributed by atoms with Crippen LogP contribution in [0.2, 0.25) is 0 Å².